The summed E-state index contributed by atoms with van der Waals surface area (Å²) in [5.74, 6) is -2.56. The summed E-state index contributed by atoms with van der Waals surface area (Å²) in [7, 11) is -4.36. The fraction of sp³-hybridized carbons (Fsp3) is 0.420. The van der Waals surface area contributed by atoms with E-state index in [0.29, 0.717) is 52.9 Å². The van der Waals surface area contributed by atoms with Gasteiger partial charge in [-0.15, -0.1) is 0 Å². The maximum Gasteiger partial charge on any atom is 0.301 e. The average molecular weight is 964 g/mol. The number of ketones is 1. The highest BCUT2D eigenvalue weighted by atomic mass is 32.2. The molecular formula is C50H52F3N9O6S. The van der Waals surface area contributed by atoms with Crippen LogP contribution in [-0.2, 0) is 26.3 Å². The molecule has 3 amide bonds. The number of hydrogen-bond donors (Lipinski definition) is 3. The first-order valence-corrected chi connectivity index (χ1v) is 25.2. The van der Waals surface area contributed by atoms with Gasteiger partial charge in [-0.1, -0.05) is 12.1 Å². The van der Waals surface area contributed by atoms with Crippen molar-refractivity contribution in [3.05, 3.63) is 107 Å². The number of aromatic amines is 1. The molecular weight excluding hydrogens is 912 g/mol. The monoisotopic (exact) mass is 963 g/mol. The number of amides is 3. The van der Waals surface area contributed by atoms with Crippen molar-refractivity contribution in [2.75, 3.05) is 73.4 Å². The van der Waals surface area contributed by atoms with Crippen molar-refractivity contribution >= 4 is 61.8 Å². The Morgan fingerprint density at radius 3 is 2.35 bits per heavy atom. The van der Waals surface area contributed by atoms with Crippen LogP contribution < -0.4 is 19.8 Å². The molecule has 0 bridgehead atoms. The molecule has 69 heavy (non-hydrogen) atoms. The Balaban J connectivity index is 0.691. The lowest BCUT2D eigenvalue weighted by atomic mass is 9.88. The predicted molar refractivity (Wildman–Crippen MR) is 253 cm³/mol. The molecule has 6 aliphatic rings. The second kappa shape index (κ2) is 17.9. The number of carbonyl (C=O) groups is 4. The lowest BCUT2D eigenvalue weighted by molar-refractivity contribution is -0.136. The summed E-state index contributed by atoms with van der Waals surface area (Å²) in [4.78, 5) is 67.7. The van der Waals surface area contributed by atoms with Gasteiger partial charge in [-0.25, -0.2) is 18.2 Å². The molecule has 0 aliphatic carbocycles. The maximum absolute atomic E-state index is 15.8. The van der Waals surface area contributed by atoms with Crippen LogP contribution in [0.1, 0.15) is 70.4 Å². The van der Waals surface area contributed by atoms with Crippen molar-refractivity contribution in [2.45, 2.75) is 57.3 Å². The number of anilines is 3. The Kier molecular flexibility index (Phi) is 11.7. The average Bonchev–Trinajstić information content (AvgIpc) is 4.15. The minimum Gasteiger partial charge on any atom is -0.372 e. The fourth-order valence-corrected chi connectivity index (χ4v) is 12.7. The SMILES string of the molecule is O=C1CCC(N2Cc3cc(N4CCC(CN5C[C@H]6CCN(c7ccc(-c8cnc9[nH]cc(C(=O)c%10c(F)ccc(NS(=O)(=O)N%11CC[C@@H](F)C%11)c%10F)c9c8)cc7)C[C@H]6C5)CC4)ccc3C2=O)C(=O)N1. The first-order valence-electron chi connectivity index (χ1n) is 23.8. The molecule has 8 heterocycles. The van der Waals surface area contributed by atoms with Crippen molar-refractivity contribution in [3.63, 3.8) is 0 Å². The lowest BCUT2D eigenvalue weighted by Gasteiger charge is -2.36. The molecule has 0 spiro atoms. The third-order valence-electron chi connectivity index (χ3n) is 15.2. The molecule has 2 aromatic heterocycles. The van der Waals surface area contributed by atoms with Crippen molar-refractivity contribution in [2.24, 2.45) is 17.8 Å². The maximum atomic E-state index is 15.8. The zero-order valence-corrected chi connectivity index (χ0v) is 38.6. The number of halogens is 3. The highest BCUT2D eigenvalue weighted by Gasteiger charge is 2.41. The van der Waals surface area contributed by atoms with Crippen LogP contribution in [0, 0.1) is 29.4 Å². The number of nitrogens with one attached hydrogen (secondary N) is 3. The summed E-state index contributed by atoms with van der Waals surface area (Å²) in [6.07, 6.45) is 5.53. The van der Waals surface area contributed by atoms with E-state index in [4.69, 9.17) is 0 Å². The second-order valence-electron chi connectivity index (χ2n) is 19.5. The third-order valence-corrected chi connectivity index (χ3v) is 16.7. The van der Waals surface area contributed by atoms with Gasteiger partial charge in [-0.05, 0) is 110 Å². The van der Waals surface area contributed by atoms with Gasteiger partial charge < -0.3 is 24.6 Å². The number of carbonyl (C=O) groups excluding carboxylic acids is 4. The van der Waals surface area contributed by atoms with E-state index in [-0.39, 0.29) is 43.3 Å². The largest absolute Gasteiger partial charge is 0.372 e. The van der Waals surface area contributed by atoms with Crippen LogP contribution in [0.5, 0.6) is 0 Å². The third kappa shape index (κ3) is 8.62. The topological polar surface area (TPSA) is 171 Å². The molecule has 0 saturated carbocycles. The molecule has 5 aromatic rings. The second-order valence-corrected chi connectivity index (χ2v) is 21.1. The van der Waals surface area contributed by atoms with Crippen molar-refractivity contribution in [1.82, 2.24) is 29.4 Å². The van der Waals surface area contributed by atoms with Gasteiger partial charge >= 0.3 is 10.2 Å². The van der Waals surface area contributed by atoms with Gasteiger partial charge in [0.1, 0.15) is 23.7 Å². The van der Waals surface area contributed by atoms with Crippen LogP contribution in [0.25, 0.3) is 22.2 Å². The van der Waals surface area contributed by atoms with Crippen LogP contribution >= 0.6 is 0 Å². The molecule has 3 aromatic carbocycles. The number of aromatic nitrogens is 2. The number of fused-ring (bicyclic) bond motifs is 3. The van der Waals surface area contributed by atoms with Gasteiger partial charge in [0.15, 0.2) is 5.82 Å². The Morgan fingerprint density at radius 1 is 0.812 bits per heavy atom. The van der Waals surface area contributed by atoms with E-state index in [1.54, 1.807) is 17.2 Å². The van der Waals surface area contributed by atoms with Crippen molar-refractivity contribution < 1.29 is 40.8 Å². The molecule has 5 saturated heterocycles. The van der Waals surface area contributed by atoms with Crippen LogP contribution in [-0.4, -0.2) is 127 Å². The van der Waals surface area contributed by atoms with Crippen LogP contribution in [0.2, 0.25) is 0 Å². The number of alkyl halides is 1. The number of rotatable bonds is 11. The van der Waals surface area contributed by atoms with Gasteiger partial charge in [0.25, 0.3) is 5.91 Å². The first kappa shape index (κ1) is 45.2. The summed E-state index contributed by atoms with van der Waals surface area (Å²) in [6.45, 7) is 6.98. The molecule has 15 nitrogen and oxygen atoms in total. The Hall–Kier alpha value is -6.31. The van der Waals surface area contributed by atoms with Gasteiger partial charge in [0, 0.05) is 118 Å². The number of pyridine rings is 1. The van der Waals surface area contributed by atoms with Crippen LogP contribution in [0.3, 0.4) is 0 Å². The Labute approximate surface area is 397 Å². The number of hydrogen-bond acceptors (Lipinski definition) is 10. The number of likely N-dealkylation sites (tertiary alicyclic amines) is 1. The molecule has 6 aliphatic heterocycles. The minimum atomic E-state index is -4.36. The molecule has 19 heteroatoms. The van der Waals surface area contributed by atoms with E-state index in [1.165, 1.54) is 6.20 Å². The molecule has 3 N–H and O–H groups in total. The smallest absolute Gasteiger partial charge is 0.301 e. The van der Waals surface area contributed by atoms with E-state index < -0.39 is 57.0 Å². The first-order chi connectivity index (χ1) is 33.3. The summed E-state index contributed by atoms with van der Waals surface area (Å²) in [6, 6.07) is 17.0. The number of H-pyrrole nitrogens is 1. The normalized spacial score (nSPS) is 23.8. The quantitative estimate of drug-likeness (QED) is 0.107. The number of benzene rings is 3. The van der Waals surface area contributed by atoms with E-state index in [2.05, 4.69) is 52.9 Å². The summed E-state index contributed by atoms with van der Waals surface area (Å²) in [5.41, 5.74) is 4.06. The molecule has 11 rings (SSSR count). The van der Waals surface area contributed by atoms with Gasteiger partial charge in [0.2, 0.25) is 17.6 Å². The van der Waals surface area contributed by atoms with Crippen molar-refractivity contribution in [3.8, 4) is 11.1 Å². The summed E-state index contributed by atoms with van der Waals surface area (Å²) >= 11 is 0. The Morgan fingerprint density at radius 2 is 1.58 bits per heavy atom. The van der Waals surface area contributed by atoms with Gasteiger partial charge in [-0.2, -0.15) is 12.7 Å². The van der Waals surface area contributed by atoms with Crippen molar-refractivity contribution in [1.29, 1.82) is 0 Å². The summed E-state index contributed by atoms with van der Waals surface area (Å²) in [5, 5.41) is 2.72. The Bertz CT molecular complexity index is 3000. The highest BCUT2D eigenvalue weighted by molar-refractivity contribution is 7.90. The zero-order chi connectivity index (χ0) is 47.7. The van der Waals surface area contributed by atoms with Crippen LogP contribution in [0.4, 0.5) is 30.2 Å². The number of imide groups is 1. The zero-order valence-electron chi connectivity index (χ0n) is 37.8. The standard InChI is InChI=1S/C50H52F3N9O6S/c51-35-14-18-61(28-35)69(67,68)57-42-8-7-41(52)45(46(42)53)47(64)40-22-55-48-39(40)20-32(21-54-48)30-1-3-36(4-2-30)60-17-13-31-24-58(25-34(31)26-60)23-29-11-15-59(16-12-29)37-5-6-38-33(19-37)27-62(50(38)66)43-9-10-44(63)56-49(43)65/h1-8,19-22,29,31,34-35,43,57H,9-18,23-28H2,(H,54,55)(H,56,63,65)/t31-,34-,35-,43?/m1/s1. The van der Waals surface area contributed by atoms with E-state index in [0.717, 1.165) is 104 Å². The van der Waals surface area contributed by atoms with Gasteiger partial charge in [0.05, 0.1) is 11.3 Å². The molecule has 5 fully saturated rings. The van der Waals surface area contributed by atoms with E-state index >= 15 is 8.78 Å². The summed E-state index contributed by atoms with van der Waals surface area (Å²) < 4.78 is 73.3. The number of nitrogens with zero attached hydrogens (tertiary/aromatic N) is 6. The fourth-order valence-electron chi connectivity index (χ4n) is 11.4. The molecule has 4 atom stereocenters. The minimum absolute atomic E-state index is 0.00544. The predicted octanol–water partition coefficient (Wildman–Crippen LogP) is 5.88. The molecule has 1 unspecified atom stereocenters. The lowest BCUT2D eigenvalue weighted by Crippen LogP contribution is -2.52. The van der Waals surface area contributed by atoms with Crippen LogP contribution in [0.15, 0.2) is 73.1 Å². The highest BCUT2D eigenvalue weighted by Crippen LogP contribution is 2.37. The number of piperidine rings is 3. The molecule has 0 radical (unpaired) electrons. The van der Waals surface area contributed by atoms with E-state index in [9.17, 15) is 32.0 Å². The van der Waals surface area contributed by atoms with E-state index in [1.807, 2.05) is 24.3 Å². The van der Waals surface area contributed by atoms with Gasteiger partial charge in [-0.3, -0.25) is 29.2 Å². The molecule has 360 valence electrons.